The molecular weight excluding hydrogens is 309 g/mol. The molecule has 0 atom stereocenters. The normalized spacial score (nSPS) is 10.4. The van der Waals surface area contributed by atoms with Crippen LogP contribution in [0.25, 0.3) is 0 Å². The Hall–Kier alpha value is -1.72. The molecule has 106 valence electrons. The lowest BCUT2D eigenvalue weighted by molar-refractivity contribution is 0.387. The van der Waals surface area contributed by atoms with E-state index in [2.05, 4.69) is 5.32 Å². The maximum Gasteiger partial charge on any atom is 0.167 e. The fourth-order valence-electron chi connectivity index (χ4n) is 1.63. The summed E-state index contributed by atoms with van der Waals surface area (Å²) in [7, 11) is 1.33. The van der Waals surface area contributed by atoms with Gasteiger partial charge in [0.05, 0.1) is 34.2 Å². The summed E-state index contributed by atoms with van der Waals surface area (Å²) in [6, 6.07) is 4.67. The van der Waals surface area contributed by atoms with Crippen molar-refractivity contribution in [2.24, 2.45) is 0 Å². The van der Waals surface area contributed by atoms with Gasteiger partial charge in [0.15, 0.2) is 11.6 Å². The van der Waals surface area contributed by atoms with Crippen LogP contribution in [0.15, 0.2) is 24.3 Å². The molecule has 0 aliphatic heterocycles. The van der Waals surface area contributed by atoms with Crippen LogP contribution in [-0.2, 0) is 0 Å². The topological polar surface area (TPSA) is 47.3 Å². The van der Waals surface area contributed by atoms with Gasteiger partial charge < -0.3 is 15.8 Å². The molecule has 0 aliphatic rings. The molecule has 2 aromatic rings. The Bertz CT molecular complexity index is 642. The fraction of sp³-hybridized carbons (Fsp3) is 0.0769. The third kappa shape index (κ3) is 2.89. The predicted molar refractivity (Wildman–Crippen MR) is 77.1 cm³/mol. The van der Waals surface area contributed by atoms with Crippen molar-refractivity contribution in [2.75, 3.05) is 18.2 Å². The lowest BCUT2D eigenvalue weighted by atomic mass is 10.2. The van der Waals surface area contributed by atoms with Crippen molar-refractivity contribution in [1.29, 1.82) is 0 Å². The minimum atomic E-state index is -0.591. The summed E-state index contributed by atoms with van der Waals surface area (Å²) in [4.78, 5) is 0. The molecule has 2 rings (SSSR count). The van der Waals surface area contributed by atoms with Crippen LogP contribution in [0.3, 0.4) is 0 Å². The molecular formula is C13H10Cl2F2N2O. The molecule has 0 radical (unpaired) electrons. The number of nitrogens with one attached hydrogen (secondary N) is 1. The molecule has 0 aliphatic carbocycles. The van der Waals surface area contributed by atoms with E-state index in [1.54, 1.807) is 0 Å². The van der Waals surface area contributed by atoms with Gasteiger partial charge in [0.1, 0.15) is 5.82 Å². The summed E-state index contributed by atoms with van der Waals surface area (Å²) in [6.45, 7) is 0. The standard InChI is InChI=1S/C13H10Cl2F2N2O/c1-20-12-5-11(10(18)4-9(12)17)19-13-7(14)2-6(16)3-8(13)15/h2-5,19H,18H2,1H3. The lowest BCUT2D eigenvalue weighted by Gasteiger charge is -2.14. The van der Waals surface area contributed by atoms with Crippen molar-refractivity contribution >= 4 is 40.3 Å². The van der Waals surface area contributed by atoms with E-state index in [1.807, 2.05) is 0 Å². The zero-order valence-electron chi connectivity index (χ0n) is 10.3. The number of rotatable bonds is 3. The average molecular weight is 319 g/mol. The number of hydrogen-bond donors (Lipinski definition) is 2. The number of hydrogen-bond acceptors (Lipinski definition) is 3. The lowest BCUT2D eigenvalue weighted by Crippen LogP contribution is -2.00. The van der Waals surface area contributed by atoms with Crippen molar-refractivity contribution in [3.8, 4) is 5.75 Å². The van der Waals surface area contributed by atoms with Crippen LogP contribution in [0.4, 0.5) is 25.8 Å². The van der Waals surface area contributed by atoms with E-state index in [4.69, 9.17) is 33.7 Å². The maximum absolute atomic E-state index is 13.4. The summed E-state index contributed by atoms with van der Waals surface area (Å²) in [5.41, 5.74) is 6.46. The summed E-state index contributed by atoms with van der Waals surface area (Å²) < 4.78 is 31.4. The second-order valence-electron chi connectivity index (χ2n) is 3.94. The molecule has 0 saturated carbocycles. The third-order valence-electron chi connectivity index (χ3n) is 2.59. The number of methoxy groups -OCH3 is 1. The van der Waals surface area contributed by atoms with Gasteiger partial charge in [0.2, 0.25) is 0 Å². The van der Waals surface area contributed by atoms with Crippen LogP contribution in [-0.4, -0.2) is 7.11 Å². The molecule has 0 aromatic heterocycles. The first-order valence-corrected chi connectivity index (χ1v) is 6.22. The van der Waals surface area contributed by atoms with Gasteiger partial charge in [0, 0.05) is 12.1 Å². The molecule has 0 fully saturated rings. The van der Waals surface area contributed by atoms with Crippen LogP contribution in [0.1, 0.15) is 0 Å². The van der Waals surface area contributed by atoms with Crippen molar-refractivity contribution in [3.63, 3.8) is 0 Å². The van der Waals surface area contributed by atoms with Gasteiger partial charge in [-0.2, -0.15) is 0 Å². The molecule has 7 heteroatoms. The van der Waals surface area contributed by atoms with Gasteiger partial charge in [-0.15, -0.1) is 0 Å². The first-order chi connectivity index (χ1) is 9.42. The first-order valence-electron chi connectivity index (χ1n) is 5.47. The molecule has 0 heterocycles. The Morgan fingerprint density at radius 3 is 2.25 bits per heavy atom. The smallest absolute Gasteiger partial charge is 0.167 e. The second-order valence-corrected chi connectivity index (χ2v) is 4.76. The highest BCUT2D eigenvalue weighted by molar-refractivity contribution is 6.39. The summed E-state index contributed by atoms with van der Waals surface area (Å²) in [5.74, 6) is -1.14. The average Bonchev–Trinajstić information content (AvgIpc) is 2.35. The third-order valence-corrected chi connectivity index (χ3v) is 3.19. The zero-order chi connectivity index (χ0) is 14.9. The van der Waals surface area contributed by atoms with Gasteiger partial charge in [-0.25, -0.2) is 8.78 Å². The van der Waals surface area contributed by atoms with Gasteiger partial charge in [-0.3, -0.25) is 0 Å². The van der Waals surface area contributed by atoms with Gasteiger partial charge >= 0.3 is 0 Å². The monoisotopic (exact) mass is 318 g/mol. The van der Waals surface area contributed by atoms with Crippen LogP contribution in [0.2, 0.25) is 10.0 Å². The Morgan fingerprint density at radius 2 is 1.70 bits per heavy atom. The van der Waals surface area contributed by atoms with E-state index in [0.717, 1.165) is 18.2 Å². The number of nitrogens with two attached hydrogens (primary N) is 1. The Balaban J connectivity index is 2.45. The van der Waals surface area contributed by atoms with E-state index in [-0.39, 0.29) is 27.2 Å². The number of ether oxygens (including phenoxy) is 1. The minimum Gasteiger partial charge on any atom is -0.494 e. The van der Waals surface area contributed by atoms with Crippen molar-refractivity contribution in [3.05, 3.63) is 45.9 Å². The Morgan fingerprint density at radius 1 is 1.10 bits per heavy atom. The van der Waals surface area contributed by atoms with Crippen LogP contribution in [0, 0.1) is 11.6 Å². The highest BCUT2D eigenvalue weighted by Gasteiger charge is 2.13. The zero-order valence-corrected chi connectivity index (χ0v) is 11.8. The highest BCUT2D eigenvalue weighted by Crippen LogP contribution is 2.37. The number of nitrogen functional groups attached to an aromatic ring is 1. The van der Waals surface area contributed by atoms with Crippen LogP contribution >= 0.6 is 23.2 Å². The molecule has 3 nitrogen and oxygen atoms in total. The highest BCUT2D eigenvalue weighted by atomic mass is 35.5. The van der Waals surface area contributed by atoms with E-state index < -0.39 is 11.6 Å². The quantitative estimate of drug-likeness (QED) is 0.813. The van der Waals surface area contributed by atoms with Gasteiger partial charge in [0.25, 0.3) is 0 Å². The number of halogens is 4. The minimum absolute atomic E-state index is 0.0102. The van der Waals surface area contributed by atoms with Crippen molar-refractivity contribution in [2.45, 2.75) is 0 Å². The molecule has 0 spiro atoms. The fourth-order valence-corrected chi connectivity index (χ4v) is 2.18. The van der Waals surface area contributed by atoms with Crippen LogP contribution < -0.4 is 15.8 Å². The summed E-state index contributed by atoms with van der Waals surface area (Å²) >= 11 is 11.8. The SMILES string of the molecule is COc1cc(Nc2c(Cl)cc(F)cc2Cl)c(N)cc1F. The predicted octanol–water partition coefficient (Wildman–Crippen LogP) is 4.61. The Kier molecular flexibility index (Phi) is 4.20. The molecule has 0 saturated heterocycles. The van der Waals surface area contributed by atoms with E-state index in [0.29, 0.717) is 5.69 Å². The van der Waals surface area contributed by atoms with E-state index in [9.17, 15) is 8.78 Å². The molecule has 0 unspecified atom stereocenters. The second kappa shape index (κ2) is 5.73. The molecule has 2 aromatic carbocycles. The first kappa shape index (κ1) is 14.7. The molecule has 20 heavy (non-hydrogen) atoms. The number of benzene rings is 2. The molecule has 0 bridgehead atoms. The van der Waals surface area contributed by atoms with E-state index in [1.165, 1.54) is 13.2 Å². The van der Waals surface area contributed by atoms with Crippen molar-refractivity contribution in [1.82, 2.24) is 0 Å². The van der Waals surface area contributed by atoms with Gasteiger partial charge in [-0.1, -0.05) is 23.2 Å². The van der Waals surface area contributed by atoms with Crippen LogP contribution in [0.5, 0.6) is 5.75 Å². The molecule has 0 amide bonds. The Labute approximate surface area is 124 Å². The van der Waals surface area contributed by atoms with Crippen molar-refractivity contribution < 1.29 is 13.5 Å². The summed E-state index contributed by atoms with van der Waals surface area (Å²) in [6.07, 6.45) is 0. The largest absolute Gasteiger partial charge is 0.494 e. The van der Waals surface area contributed by atoms with Gasteiger partial charge in [-0.05, 0) is 12.1 Å². The maximum atomic E-state index is 13.4. The van der Waals surface area contributed by atoms with E-state index >= 15 is 0 Å². The number of anilines is 3. The summed E-state index contributed by atoms with van der Waals surface area (Å²) in [5, 5.41) is 3.00. The molecule has 3 N–H and O–H groups in total.